The van der Waals surface area contributed by atoms with Crippen LogP contribution in [0.3, 0.4) is 0 Å². The van der Waals surface area contributed by atoms with Crippen LogP contribution >= 0.6 is 0 Å². The lowest BCUT2D eigenvalue weighted by atomic mass is 10.1. The highest BCUT2D eigenvalue weighted by atomic mass is 19.1. The number of hydrogen-bond donors (Lipinski definition) is 2. The Morgan fingerprint density at radius 3 is 2.47 bits per heavy atom. The second kappa shape index (κ2) is 5.69. The molecule has 0 heterocycles. The number of nitrogens with two attached hydrogens (primary N) is 1. The Labute approximate surface area is 111 Å². The number of rotatable bonds is 4. The summed E-state index contributed by atoms with van der Waals surface area (Å²) in [6.07, 6.45) is 0.545. The molecule has 0 fully saturated rings. The van der Waals surface area contributed by atoms with Crippen molar-refractivity contribution in [2.45, 2.75) is 13.3 Å². The first-order valence-electron chi connectivity index (χ1n) is 6.10. The van der Waals surface area contributed by atoms with Gasteiger partial charge in [0.15, 0.2) is 0 Å². The first-order valence-corrected chi connectivity index (χ1v) is 6.10. The molecule has 0 atom stereocenters. The molecule has 0 aliphatic carbocycles. The van der Waals surface area contributed by atoms with E-state index in [1.165, 1.54) is 12.1 Å². The quantitative estimate of drug-likeness (QED) is 0.827. The molecule has 4 heteroatoms. The topological polar surface area (TPSA) is 38.0 Å². The molecule has 0 saturated heterocycles. The second-order valence-corrected chi connectivity index (χ2v) is 4.47. The highest BCUT2D eigenvalue weighted by Gasteiger charge is 2.02. The van der Waals surface area contributed by atoms with Crippen molar-refractivity contribution in [1.82, 2.24) is 0 Å². The third-order valence-corrected chi connectivity index (χ3v) is 3.03. The maximum absolute atomic E-state index is 13.0. The number of hydrogen-bond acceptors (Lipinski definition) is 2. The van der Waals surface area contributed by atoms with E-state index in [4.69, 9.17) is 5.73 Å². The summed E-state index contributed by atoms with van der Waals surface area (Å²) >= 11 is 0. The van der Waals surface area contributed by atoms with Gasteiger partial charge < -0.3 is 11.1 Å². The van der Waals surface area contributed by atoms with E-state index in [1.54, 1.807) is 0 Å². The van der Waals surface area contributed by atoms with Gasteiger partial charge in [0.2, 0.25) is 0 Å². The van der Waals surface area contributed by atoms with Crippen molar-refractivity contribution in [3.8, 4) is 0 Å². The Kier molecular flexibility index (Phi) is 4.00. The van der Waals surface area contributed by atoms with Crippen LogP contribution in [0.5, 0.6) is 0 Å². The Morgan fingerprint density at radius 2 is 1.79 bits per heavy atom. The standard InChI is InChI=1S/C15H16F2N2/c1-10-14(18)3-2-4-15(10)19-6-5-11-7-12(16)9-13(17)8-11/h2-4,7-9,19H,5-6,18H2,1H3. The van der Waals surface area contributed by atoms with Crippen molar-refractivity contribution in [3.63, 3.8) is 0 Å². The molecule has 0 aliphatic heterocycles. The first-order chi connectivity index (χ1) is 9.06. The van der Waals surface area contributed by atoms with Crippen molar-refractivity contribution in [3.05, 3.63) is 59.2 Å². The fraction of sp³-hybridized carbons (Fsp3) is 0.200. The fourth-order valence-electron chi connectivity index (χ4n) is 1.94. The lowest BCUT2D eigenvalue weighted by Crippen LogP contribution is -2.07. The molecule has 3 N–H and O–H groups in total. The summed E-state index contributed by atoms with van der Waals surface area (Å²) in [6, 6.07) is 9.19. The van der Waals surface area contributed by atoms with Gasteiger partial charge in [0.1, 0.15) is 11.6 Å². The SMILES string of the molecule is Cc1c(N)cccc1NCCc1cc(F)cc(F)c1. The molecule has 0 bridgehead atoms. The largest absolute Gasteiger partial charge is 0.398 e. The fourth-order valence-corrected chi connectivity index (χ4v) is 1.94. The maximum atomic E-state index is 13.0. The minimum Gasteiger partial charge on any atom is -0.398 e. The zero-order valence-electron chi connectivity index (χ0n) is 10.7. The van der Waals surface area contributed by atoms with Crippen LogP contribution < -0.4 is 11.1 Å². The van der Waals surface area contributed by atoms with Gasteiger partial charge in [0.25, 0.3) is 0 Å². The monoisotopic (exact) mass is 262 g/mol. The molecular formula is C15H16F2N2. The second-order valence-electron chi connectivity index (χ2n) is 4.47. The molecule has 0 radical (unpaired) electrons. The van der Waals surface area contributed by atoms with Gasteiger partial charge in [-0.1, -0.05) is 6.07 Å². The van der Waals surface area contributed by atoms with E-state index in [0.717, 1.165) is 23.0 Å². The molecule has 100 valence electrons. The van der Waals surface area contributed by atoms with Gasteiger partial charge in [-0.2, -0.15) is 0 Å². The molecule has 2 aromatic rings. The van der Waals surface area contributed by atoms with Crippen LogP contribution in [0.4, 0.5) is 20.2 Å². The summed E-state index contributed by atoms with van der Waals surface area (Å²) in [6.45, 7) is 2.52. The minimum atomic E-state index is -0.546. The van der Waals surface area contributed by atoms with Gasteiger partial charge in [-0.25, -0.2) is 8.78 Å². The average Bonchev–Trinajstić information content (AvgIpc) is 2.33. The number of benzene rings is 2. The van der Waals surface area contributed by atoms with E-state index in [-0.39, 0.29) is 0 Å². The van der Waals surface area contributed by atoms with Crippen molar-refractivity contribution < 1.29 is 8.78 Å². The van der Waals surface area contributed by atoms with E-state index in [1.807, 2.05) is 25.1 Å². The molecule has 0 saturated carbocycles. The number of halogens is 2. The Morgan fingerprint density at radius 1 is 1.11 bits per heavy atom. The van der Waals surface area contributed by atoms with Crippen molar-refractivity contribution in [1.29, 1.82) is 0 Å². The Hall–Kier alpha value is -2.10. The van der Waals surface area contributed by atoms with Gasteiger partial charge in [0, 0.05) is 24.0 Å². The Bertz CT molecular complexity index is 562. The third kappa shape index (κ3) is 3.44. The highest BCUT2D eigenvalue weighted by Crippen LogP contribution is 2.20. The van der Waals surface area contributed by atoms with E-state index in [9.17, 15) is 8.78 Å². The zero-order chi connectivity index (χ0) is 13.8. The molecule has 2 nitrogen and oxygen atoms in total. The molecule has 2 rings (SSSR count). The zero-order valence-corrected chi connectivity index (χ0v) is 10.7. The van der Waals surface area contributed by atoms with E-state index in [0.29, 0.717) is 18.5 Å². The van der Waals surface area contributed by atoms with Crippen molar-refractivity contribution in [2.75, 3.05) is 17.6 Å². The molecule has 0 aromatic heterocycles. The van der Waals surface area contributed by atoms with Crippen LogP contribution in [0, 0.1) is 18.6 Å². The van der Waals surface area contributed by atoms with Crippen molar-refractivity contribution in [2.24, 2.45) is 0 Å². The molecule has 2 aromatic carbocycles. The normalized spacial score (nSPS) is 10.5. The number of nitrogens with one attached hydrogen (secondary N) is 1. The summed E-state index contributed by atoms with van der Waals surface area (Å²) in [7, 11) is 0. The first kappa shape index (κ1) is 13.3. The summed E-state index contributed by atoms with van der Waals surface area (Å²) in [5.41, 5.74) is 9.08. The van der Waals surface area contributed by atoms with Gasteiger partial charge in [0.05, 0.1) is 0 Å². The van der Waals surface area contributed by atoms with Gasteiger partial charge >= 0.3 is 0 Å². The summed E-state index contributed by atoms with van der Waals surface area (Å²) in [5.74, 6) is -1.09. The lowest BCUT2D eigenvalue weighted by molar-refractivity contribution is 0.580. The third-order valence-electron chi connectivity index (χ3n) is 3.03. The van der Waals surface area contributed by atoms with Crippen LogP contribution in [-0.2, 0) is 6.42 Å². The van der Waals surface area contributed by atoms with Crippen LogP contribution in [0.2, 0.25) is 0 Å². The predicted molar refractivity (Wildman–Crippen MR) is 74.1 cm³/mol. The van der Waals surface area contributed by atoms with Crippen LogP contribution in [0.25, 0.3) is 0 Å². The van der Waals surface area contributed by atoms with E-state index < -0.39 is 11.6 Å². The average molecular weight is 262 g/mol. The lowest BCUT2D eigenvalue weighted by Gasteiger charge is -2.11. The van der Waals surface area contributed by atoms with E-state index >= 15 is 0 Å². The molecule has 0 amide bonds. The predicted octanol–water partition coefficient (Wildman–Crippen LogP) is 3.51. The summed E-state index contributed by atoms with van der Waals surface area (Å²) in [5, 5.41) is 3.22. The molecule has 0 unspecified atom stereocenters. The molecule has 0 aliphatic rings. The van der Waals surface area contributed by atoms with Gasteiger partial charge in [-0.15, -0.1) is 0 Å². The van der Waals surface area contributed by atoms with Crippen LogP contribution in [0.15, 0.2) is 36.4 Å². The maximum Gasteiger partial charge on any atom is 0.126 e. The highest BCUT2D eigenvalue weighted by molar-refractivity contribution is 5.62. The molecular weight excluding hydrogens is 246 g/mol. The summed E-state index contributed by atoms with van der Waals surface area (Å²) in [4.78, 5) is 0. The van der Waals surface area contributed by atoms with Gasteiger partial charge in [-0.3, -0.25) is 0 Å². The van der Waals surface area contributed by atoms with Crippen LogP contribution in [-0.4, -0.2) is 6.54 Å². The molecule has 0 spiro atoms. The van der Waals surface area contributed by atoms with Crippen LogP contribution in [0.1, 0.15) is 11.1 Å². The smallest absolute Gasteiger partial charge is 0.126 e. The van der Waals surface area contributed by atoms with E-state index in [2.05, 4.69) is 5.32 Å². The summed E-state index contributed by atoms with van der Waals surface area (Å²) < 4.78 is 26.0. The minimum absolute atomic E-state index is 0.545. The Balaban J connectivity index is 1.98. The number of nitrogen functional groups attached to an aromatic ring is 1. The van der Waals surface area contributed by atoms with Gasteiger partial charge in [-0.05, 0) is 48.7 Å². The van der Waals surface area contributed by atoms with Crippen molar-refractivity contribution >= 4 is 11.4 Å². The molecule has 19 heavy (non-hydrogen) atoms. The number of anilines is 2.